The second-order valence-electron chi connectivity index (χ2n) is 6.24. The fourth-order valence-corrected chi connectivity index (χ4v) is 2.81. The van der Waals surface area contributed by atoms with E-state index in [0.29, 0.717) is 11.0 Å². The molecule has 0 radical (unpaired) electrons. The van der Waals surface area contributed by atoms with Crippen molar-refractivity contribution >= 4 is 0 Å². The van der Waals surface area contributed by atoms with Crippen LogP contribution in [0.4, 0.5) is 0 Å². The molecule has 2 aliphatic heterocycles. The van der Waals surface area contributed by atoms with Gasteiger partial charge in [0.05, 0.1) is 0 Å². The van der Waals surface area contributed by atoms with Crippen molar-refractivity contribution in [3.05, 3.63) is 0 Å². The Morgan fingerprint density at radius 2 is 1.64 bits per heavy atom. The molecule has 0 aromatic heterocycles. The van der Waals surface area contributed by atoms with Crippen LogP contribution in [0.25, 0.3) is 0 Å². The predicted molar refractivity (Wildman–Crippen MR) is 60.5 cm³/mol. The summed E-state index contributed by atoms with van der Waals surface area (Å²) in [7, 11) is 0. The van der Waals surface area contributed by atoms with E-state index in [1.54, 1.807) is 0 Å². The van der Waals surface area contributed by atoms with E-state index in [1.807, 2.05) is 0 Å². The Bertz CT molecular complexity index is 203. The second-order valence-corrected chi connectivity index (χ2v) is 6.24. The summed E-state index contributed by atoms with van der Waals surface area (Å²) in [4.78, 5) is 5.20. The lowest BCUT2D eigenvalue weighted by Gasteiger charge is -2.63. The number of hydrogen-bond acceptors (Lipinski definition) is 2. The molecule has 2 heterocycles. The van der Waals surface area contributed by atoms with E-state index in [9.17, 15) is 0 Å². The molecule has 2 aliphatic rings. The van der Waals surface area contributed by atoms with Gasteiger partial charge in [-0.25, -0.2) is 0 Å². The molecule has 0 aromatic carbocycles. The Hall–Kier alpha value is -0.0800. The van der Waals surface area contributed by atoms with Crippen molar-refractivity contribution in [2.24, 2.45) is 5.41 Å². The maximum absolute atomic E-state index is 2.61. The van der Waals surface area contributed by atoms with Crippen LogP contribution in [-0.4, -0.2) is 48.1 Å². The van der Waals surface area contributed by atoms with Crippen molar-refractivity contribution in [3.8, 4) is 0 Å². The van der Waals surface area contributed by atoms with Gasteiger partial charge in [-0.1, -0.05) is 6.92 Å². The summed E-state index contributed by atoms with van der Waals surface area (Å²) in [6, 6.07) is 0. The van der Waals surface area contributed by atoms with E-state index in [0.717, 1.165) is 0 Å². The molecule has 0 N–H and O–H groups in total. The molecule has 0 aromatic rings. The molecule has 1 spiro atoms. The second kappa shape index (κ2) is 3.21. The minimum atomic E-state index is 0.385. The van der Waals surface area contributed by atoms with Crippen LogP contribution in [0, 0.1) is 5.41 Å². The van der Waals surface area contributed by atoms with Crippen LogP contribution >= 0.6 is 0 Å². The molecule has 0 amide bonds. The highest BCUT2D eigenvalue weighted by Gasteiger charge is 2.53. The third kappa shape index (κ3) is 1.70. The molecule has 0 aliphatic carbocycles. The summed E-state index contributed by atoms with van der Waals surface area (Å²) in [6.45, 7) is 15.9. The third-order valence-corrected chi connectivity index (χ3v) is 3.66. The van der Waals surface area contributed by atoms with Crippen LogP contribution in [-0.2, 0) is 0 Å². The smallest absolute Gasteiger partial charge is 0.0212 e. The van der Waals surface area contributed by atoms with Crippen LogP contribution in [0.3, 0.4) is 0 Å². The van der Waals surface area contributed by atoms with E-state index >= 15 is 0 Å². The Morgan fingerprint density at radius 3 is 2.07 bits per heavy atom. The first-order valence-corrected chi connectivity index (χ1v) is 5.93. The molecular formula is C12H24N2. The van der Waals surface area contributed by atoms with Gasteiger partial charge in [0.15, 0.2) is 0 Å². The van der Waals surface area contributed by atoms with Crippen molar-refractivity contribution in [1.29, 1.82) is 0 Å². The van der Waals surface area contributed by atoms with Crippen molar-refractivity contribution in [2.75, 3.05) is 32.7 Å². The number of rotatable bonds is 2. The zero-order valence-corrected chi connectivity index (χ0v) is 10.1. The standard InChI is InChI=1S/C12H24N2/c1-5-6-13-7-12(8-13)9-14(10-12)11(2,3)4/h5-10H2,1-4H3. The highest BCUT2D eigenvalue weighted by molar-refractivity contribution is 5.07. The summed E-state index contributed by atoms with van der Waals surface area (Å²) in [5.41, 5.74) is 1.08. The van der Waals surface area contributed by atoms with Crippen molar-refractivity contribution in [1.82, 2.24) is 9.80 Å². The van der Waals surface area contributed by atoms with Crippen LogP contribution in [0.2, 0.25) is 0 Å². The van der Waals surface area contributed by atoms with Gasteiger partial charge < -0.3 is 4.90 Å². The van der Waals surface area contributed by atoms with E-state index in [4.69, 9.17) is 0 Å². The zero-order chi connectivity index (χ0) is 10.4. The fraction of sp³-hybridized carbons (Fsp3) is 1.00. The average Bonchev–Trinajstić information content (AvgIpc) is 1.88. The van der Waals surface area contributed by atoms with Crippen molar-refractivity contribution in [2.45, 2.75) is 39.7 Å². The molecule has 2 heteroatoms. The molecular weight excluding hydrogens is 172 g/mol. The van der Waals surface area contributed by atoms with E-state index in [-0.39, 0.29) is 0 Å². The summed E-state index contributed by atoms with van der Waals surface area (Å²) >= 11 is 0. The topological polar surface area (TPSA) is 6.48 Å². The van der Waals surface area contributed by atoms with Crippen molar-refractivity contribution < 1.29 is 0 Å². The van der Waals surface area contributed by atoms with E-state index < -0.39 is 0 Å². The van der Waals surface area contributed by atoms with Gasteiger partial charge >= 0.3 is 0 Å². The normalized spacial score (nSPS) is 27.4. The lowest BCUT2D eigenvalue weighted by Crippen LogP contribution is -2.74. The molecule has 2 rings (SSSR count). The third-order valence-electron chi connectivity index (χ3n) is 3.66. The average molecular weight is 196 g/mol. The first kappa shape index (κ1) is 10.4. The van der Waals surface area contributed by atoms with Crippen LogP contribution in [0.15, 0.2) is 0 Å². The predicted octanol–water partition coefficient (Wildman–Crippen LogP) is 1.81. The fourth-order valence-electron chi connectivity index (χ4n) is 2.81. The molecule has 0 unspecified atom stereocenters. The van der Waals surface area contributed by atoms with Gasteiger partial charge in [0.1, 0.15) is 0 Å². The molecule has 2 nitrogen and oxygen atoms in total. The van der Waals surface area contributed by atoms with Gasteiger partial charge in [-0.3, -0.25) is 4.90 Å². The summed E-state index contributed by atoms with van der Waals surface area (Å²) in [5, 5.41) is 0. The SMILES string of the molecule is CCCN1CC2(C1)CN(C(C)(C)C)C2. The molecule has 0 saturated carbocycles. The number of nitrogens with zero attached hydrogens (tertiary/aromatic N) is 2. The largest absolute Gasteiger partial charge is 0.302 e. The van der Waals surface area contributed by atoms with Gasteiger partial charge in [-0.2, -0.15) is 0 Å². The summed E-state index contributed by atoms with van der Waals surface area (Å²) < 4.78 is 0. The van der Waals surface area contributed by atoms with Gasteiger partial charge in [0.25, 0.3) is 0 Å². The lowest BCUT2D eigenvalue weighted by atomic mass is 9.71. The number of hydrogen-bond donors (Lipinski definition) is 0. The molecule has 0 atom stereocenters. The Labute approximate surface area is 88.3 Å². The van der Waals surface area contributed by atoms with E-state index in [1.165, 1.54) is 39.1 Å². The monoisotopic (exact) mass is 196 g/mol. The quantitative estimate of drug-likeness (QED) is 0.664. The Kier molecular flexibility index (Phi) is 2.39. The molecule has 0 bridgehead atoms. The van der Waals surface area contributed by atoms with Gasteiger partial charge in [0.2, 0.25) is 0 Å². The highest BCUT2D eigenvalue weighted by atomic mass is 15.3. The van der Waals surface area contributed by atoms with Crippen LogP contribution in [0.1, 0.15) is 34.1 Å². The van der Waals surface area contributed by atoms with Gasteiger partial charge in [0, 0.05) is 37.1 Å². The molecule has 2 fully saturated rings. The molecule has 82 valence electrons. The van der Waals surface area contributed by atoms with Gasteiger partial charge in [-0.05, 0) is 33.7 Å². The van der Waals surface area contributed by atoms with Gasteiger partial charge in [-0.15, -0.1) is 0 Å². The van der Waals surface area contributed by atoms with Crippen molar-refractivity contribution in [3.63, 3.8) is 0 Å². The highest BCUT2D eigenvalue weighted by Crippen LogP contribution is 2.42. The minimum absolute atomic E-state index is 0.385. The summed E-state index contributed by atoms with van der Waals surface area (Å²) in [6.07, 6.45) is 1.30. The minimum Gasteiger partial charge on any atom is -0.302 e. The first-order chi connectivity index (χ1) is 6.45. The maximum Gasteiger partial charge on any atom is 0.0212 e. The zero-order valence-electron chi connectivity index (χ0n) is 10.1. The summed E-state index contributed by atoms with van der Waals surface area (Å²) in [5.74, 6) is 0. The van der Waals surface area contributed by atoms with Crippen LogP contribution in [0.5, 0.6) is 0 Å². The number of likely N-dealkylation sites (tertiary alicyclic amines) is 2. The van der Waals surface area contributed by atoms with Crippen LogP contribution < -0.4 is 0 Å². The molecule has 2 saturated heterocycles. The lowest BCUT2D eigenvalue weighted by molar-refractivity contribution is -0.144. The Morgan fingerprint density at radius 1 is 1.07 bits per heavy atom. The Balaban J connectivity index is 1.74. The molecule has 14 heavy (non-hydrogen) atoms. The first-order valence-electron chi connectivity index (χ1n) is 5.93. The van der Waals surface area contributed by atoms with E-state index in [2.05, 4.69) is 37.5 Å². The maximum atomic E-state index is 2.61.